The van der Waals surface area contributed by atoms with E-state index in [2.05, 4.69) is 12.2 Å². The summed E-state index contributed by atoms with van der Waals surface area (Å²) in [5, 5.41) is 23.4. The molecule has 2 unspecified atom stereocenters. The van der Waals surface area contributed by atoms with E-state index >= 15 is 0 Å². The molecule has 1 aromatic carbocycles. The van der Waals surface area contributed by atoms with Crippen LogP contribution in [0.25, 0.3) is 0 Å². The van der Waals surface area contributed by atoms with Crippen LogP contribution in [0.1, 0.15) is 42.1 Å². The lowest BCUT2D eigenvalue weighted by Crippen LogP contribution is -2.31. The number of nitrogens with zero attached hydrogens (tertiary/aromatic N) is 1. The third-order valence-corrected chi connectivity index (χ3v) is 3.96. The lowest BCUT2D eigenvalue weighted by Gasteiger charge is -2.18. The molecule has 0 aromatic heterocycles. The molecular weight excluding hydrogens is 260 g/mol. The Morgan fingerprint density at radius 2 is 2.25 bits per heavy atom. The summed E-state index contributed by atoms with van der Waals surface area (Å²) in [6.07, 6.45) is 3.40. The summed E-state index contributed by atoms with van der Waals surface area (Å²) < 4.78 is 0. The van der Waals surface area contributed by atoms with E-state index < -0.39 is 10.9 Å². The third-order valence-electron chi connectivity index (χ3n) is 3.96. The molecule has 1 aromatic rings. The minimum absolute atomic E-state index is 0.212. The zero-order valence-electron chi connectivity index (χ0n) is 11.3. The topological polar surface area (TPSA) is 92.5 Å². The molecule has 1 saturated carbocycles. The van der Waals surface area contributed by atoms with Gasteiger partial charge in [-0.25, -0.2) is 4.79 Å². The number of aromatic carboxylic acids is 1. The summed E-state index contributed by atoms with van der Waals surface area (Å²) in [6, 6.07) is 4.74. The van der Waals surface area contributed by atoms with Gasteiger partial charge in [0.25, 0.3) is 5.69 Å². The SMILES string of the molecule is CC1CCCC1NCc1cccc([N+](=O)[O-])c1C(=O)O. The van der Waals surface area contributed by atoms with Crippen molar-refractivity contribution < 1.29 is 14.8 Å². The van der Waals surface area contributed by atoms with Crippen LogP contribution in [0.15, 0.2) is 18.2 Å². The van der Waals surface area contributed by atoms with Crippen LogP contribution in [0, 0.1) is 16.0 Å². The number of nitro groups is 1. The van der Waals surface area contributed by atoms with Gasteiger partial charge < -0.3 is 10.4 Å². The zero-order valence-corrected chi connectivity index (χ0v) is 11.3. The zero-order chi connectivity index (χ0) is 14.7. The second-order valence-electron chi connectivity index (χ2n) is 5.27. The van der Waals surface area contributed by atoms with E-state index in [4.69, 9.17) is 0 Å². The summed E-state index contributed by atoms with van der Waals surface area (Å²) in [5.41, 5.74) is -0.0993. The van der Waals surface area contributed by atoms with Gasteiger partial charge in [-0.2, -0.15) is 0 Å². The number of carboxylic acids is 1. The molecule has 0 spiro atoms. The minimum atomic E-state index is -1.26. The first-order valence-corrected chi connectivity index (χ1v) is 6.73. The number of nitro benzene ring substituents is 1. The number of rotatable bonds is 5. The molecule has 1 aliphatic rings. The van der Waals surface area contributed by atoms with E-state index in [-0.39, 0.29) is 11.3 Å². The third kappa shape index (κ3) is 2.96. The number of nitrogens with one attached hydrogen (secondary N) is 1. The van der Waals surface area contributed by atoms with Crippen LogP contribution in [0.3, 0.4) is 0 Å². The van der Waals surface area contributed by atoms with Crippen molar-refractivity contribution in [3.8, 4) is 0 Å². The first kappa shape index (κ1) is 14.5. The molecule has 108 valence electrons. The lowest BCUT2D eigenvalue weighted by molar-refractivity contribution is -0.385. The molecule has 2 atom stereocenters. The van der Waals surface area contributed by atoms with Crippen LogP contribution in [0.5, 0.6) is 0 Å². The van der Waals surface area contributed by atoms with Crippen LogP contribution in [0.2, 0.25) is 0 Å². The van der Waals surface area contributed by atoms with Crippen molar-refractivity contribution in [1.82, 2.24) is 5.32 Å². The van der Waals surface area contributed by atoms with Gasteiger partial charge in [-0.05, 0) is 24.3 Å². The smallest absolute Gasteiger partial charge is 0.343 e. The molecule has 2 N–H and O–H groups in total. The summed E-state index contributed by atoms with van der Waals surface area (Å²) in [7, 11) is 0. The Hall–Kier alpha value is -1.95. The number of hydrogen-bond donors (Lipinski definition) is 2. The second kappa shape index (κ2) is 6.00. The molecule has 0 aliphatic heterocycles. The average molecular weight is 278 g/mol. The summed E-state index contributed by atoms with van der Waals surface area (Å²) in [5.74, 6) is -0.699. The van der Waals surface area contributed by atoms with Crippen molar-refractivity contribution in [2.24, 2.45) is 5.92 Å². The van der Waals surface area contributed by atoms with Gasteiger partial charge in [0, 0.05) is 18.7 Å². The maximum atomic E-state index is 11.3. The van der Waals surface area contributed by atoms with Crippen molar-refractivity contribution in [1.29, 1.82) is 0 Å². The van der Waals surface area contributed by atoms with Crippen molar-refractivity contribution >= 4 is 11.7 Å². The molecule has 0 heterocycles. The maximum absolute atomic E-state index is 11.3. The van der Waals surface area contributed by atoms with E-state index in [1.807, 2.05) is 0 Å². The molecule has 1 aliphatic carbocycles. The molecule has 6 heteroatoms. The predicted octanol–water partition coefficient (Wildman–Crippen LogP) is 2.57. The fourth-order valence-corrected chi connectivity index (χ4v) is 2.82. The Morgan fingerprint density at radius 1 is 1.50 bits per heavy atom. The van der Waals surface area contributed by atoms with Crippen LogP contribution in [-0.2, 0) is 6.54 Å². The second-order valence-corrected chi connectivity index (χ2v) is 5.27. The van der Waals surface area contributed by atoms with E-state index in [0.717, 1.165) is 6.42 Å². The Bertz CT molecular complexity index is 530. The quantitative estimate of drug-likeness (QED) is 0.638. The Labute approximate surface area is 117 Å². The van der Waals surface area contributed by atoms with E-state index in [1.54, 1.807) is 6.07 Å². The van der Waals surface area contributed by atoms with Crippen molar-refractivity contribution in [2.45, 2.75) is 38.8 Å². The predicted molar refractivity (Wildman–Crippen MR) is 73.7 cm³/mol. The van der Waals surface area contributed by atoms with Gasteiger partial charge in [-0.3, -0.25) is 10.1 Å². The molecular formula is C14H18N2O4. The summed E-state index contributed by atoms with van der Waals surface area (Å²) in [6.45, 7) is 2.51. The van der Waals surface area contributed by atoms with Crippen LogP contribution in [-0.4, -0.2) is 22.0 Å². The van der Waals surface area contributed by atoms with Crippen molar-refractivity contribution in [3.05, 3.63) is 39.4 Å². The Balaban J connectivity index is 2.20. The molecule has 0 saturated heterocycles. The Kier molecular flexibility index (Phi) is 4.34. The molecule has 0 radical (unpaired) electrons. The average Bonchev–Trinajstić information content (AvgIpc) is 2.81. The van der Waals surface area contributed by atoms with Gasteiger partial charge in [0.1, 0.15) is 5.56 Å². The fraction of sp³-hybridized carbons (Fsp3) is 0.500. The molecule has 6 nitrogen and oxygen atoms in total. The van der Waals surface area contributed by atoms with Crippen LogP contribution < -0.4 is 5.32 Å². The highest BCUT2D eigenvalue weighted by molar-refractivity contribution is 5.94. The number of carbonyl (C=O) groups is 1. The van der Waals surface area contributed by atoms with Crippen molar-refractivity contribution in [3.63, 3.8) is 0 Å². The van der Waals surface area contributed by atoms with E-state index in [1.165, 1.54) is 25.0 Å². The monoisotopic (exact) mass is 278 g/mol. The number of carboxylic acid groups (broad SMARTS) is 1. The largest absolute Gasteiger partial charge is 0.477 e. The highest BCUT2D eigenvalue weighted by atomic mass is 16.6. The maximum Gasteiger partial charge on any atom is 0.343 e. The van der Waals surface area contributed by atoms with Gasteiger partial charge in [0.2, 0.25) is 0 Å². The molecule has 1 fully saturated rings. The minimum Gasteiger partial charge on any atom is -0.477 e. The first-order valence-electron chi connectivity index (χ1n) is 6.73. The number of hydrogen-bond acceptors (Lipinski definition) is 4. The Morgan fingerprint density at radius 3 is 2.80 bits per heavy atom. The highest BCUT2D eigenvalue weighted by Crippen LogP contribution is 2.26. The van der Waals surface area contributed by atoms with E-state index in [0.29, 0.717) is 24.1 Å². The number of benzene rings is 1. The summed E-state index contributed by atoms with van der Waals surface area (Å²) >= 11 is 0. The van der Waals surface area contributed by atoms with E-state index in [9.17, 15) is 20.0 Å². The highest BCUT2D eigenvalue weighted by Gasteiger charge is 2.26. The molecule has 0 bridgehead atoms. The van der Waals surface area contributed by atoms with Crippen LogP contribution >= 0.6 is 0 Å². The van der Waals surface area contributed by atoms with Gasteiger partial charge in [0.15, 0.2) is 0 Å². The van der Waals surface area contributed by atoms with Gasteiger partial charge in [-0.15, -0.1) is 0 Å². The lowest BCUT2D eigenvalue weighted by atomic mass is 10.0. The van der Waals surface area contributed by atoms with Gasteiger partial charge in [-0.1, -0.05) is 25.5 Å². The summed E-state index contributed by atoms with van der Waals surface area (Å²) in [4.78, 5) is 21.5. The van der Waals surface area contributed by atoms with Gasteiger partial charge in [0.05, 0.1) is 4.92 Å². The van der Waals surface area contributed by atoms with Crippen molar-refractivity contribution in [2.75, 3.05) is 0 Å². The van der Waals surface area contributed by atoms with Gasteiger partial charge >= 0.3 is 5.97 Å². The molecule has 2 rings (SSSR count). The molecule has 20 heavy (non-hydrogen) atoms. The normalized spacial score (nSPS) is 21.9. The fourth-order valence-electron chi connectivity index (χ4n) is 2.82. The standard InChI is InChI=1S/C14H18N2O4/c1-9-4-2-6-11(9)15-8-10-5-3-7-12(16(19)20)13(10)14(17)18/h3,5,7,9,11,15H,2,4,6,8H2,1H3,(H,17,18). The van der Waals surface area contributed by atoms with Crippen LogP contribution in [0.4, 0.5) is 5.69 Å². The first-order chi connectivity index (χ1) is 9.50. The molecule has 0 amide bonds.